The minimum Gasteiger partial charge on any atom is -0.337 e. The second kappa shape index (κ2) is 8.89. The van der Waals surface area contributed by atoms with Crippen LogP contribution in [0.25, 0.3) is 0 Å². The lowest BCUT2D eigenvalue weighted by molar-refractivity contribution is 0.0757. The van der Waals surface area contributed by atoms with Crippen LogP contribution in [0.3, 0.4) is 0 Å². The third-order valence-electron chi connectivity index (χ3n) is 4.29. The molecule has 0 aliphatic carbocycles. The predicted octanol–water partition coefficient (Wildman–Crippen LogP) is 2.39. The van der Waals surface area contributed by atoms with Crippen LogP contribution in [-0.4, -0.2) is 38.7 Å². The van der Waals surface area contributed by atoms with Gasteiger partial charge in [0.2, 0.25) is 0 Å². The molecule has 138 valence electrons. The van der Waals surface area contributed by atoms with Gasteiger partial charge in [0, 0.05) is 37.5 Å². The minimum atomic E-state index is -0.230. The van der Waals surface area contributed by atoms with Crippen LogP contribution >= 0.6 is 0 Å². The number of likely N-dealkylation sites (N-methyl/N-ethyl adjacent to an activating group) is 1. The van der Waals surface area contributed by atoms with Gasteiger partial charge in [0.05, 0.1) is 6.54 Å². The summed E-state index contributed by atoms with van der Waals surface area (Å²) in [4.78, 5) is 31.0. The summed E-state index contributed by atoms with van der Waals surface area (Å²) in [7, 11) is 0. The van der Waals surface area contributed by atoms with E-state index < -0.39 is 0 Å². The van der Waals surface area contributed by atoms with Crippen molar-refractivity contribution in [1.82, 2.24) is 19.7 Å². The Hall–Kier alpha value is -3.28. The zero-order chi connectivity index (χ0) is 19.1. The lowest BCUT2D eigenvalue weighted by Crippen LogP contribution is -2.35. The van der Waals surface area contributed by atoms with Crippen molar-refractivity contribution >= 4 is 5.91 Å². The molecule has 0 saturated carbocycles. The van der Waals surface area contributed by atoms with E-state index in [0.717, 1.165) is 11.3 Å². The third kappa shape index (κ3) is 4.88. The van der Waals surface area contributed by atoms with Crippen LogP contribution in [0.15, 0.2) is 71.7 Å². The number of amides is 1. The highest BCUT2D eigenvalue weighted by molar-refractivity contribution is 5.92. The summed E-state index contributed by atoms with van der Waals surface area (Å²) in [6.45, 7) is 3.37. The number of hydrogen-bond acceptors (Lipinski definition) is 4. The Morgan fingerprint density at radius 1 is 1.04 bits per heavy atom. The lowest BCUT2D eigenvalue weighted by Gasteiger charge is -2.20. The van der Waals surface area contributed by atoms with E-state index in [1.807, 2.05) is 55.5 Å². The van der Waals surface area contributed by atoms with Gasteiger partial charge in [-0.2, -0.15) is 5.10 Å². The van der Waals surface area contributed by atoms with Crippen molar-refractivity contribution in [3.63, 3.8) is 0 Å². The highest BCUT2D eigenvalue weighted by Gasteiger charge is 2.17. The third-order valence-corrected chi connectivity index (χ3v) is 4.29. The average Bonchev–Trinajstić information content (AvgIpc) is 2.71. The van der Waals surface area contributed by atoms with Crippen molar-refractivity contribution in [2.75, 3.05) is 13.1 Å². The van der Waals surface area contributed by atoms with Gasteiger partial charge in [-0.3, -0.25) is 14.6 Å². The van der Waals surface area contributed by atoms with Gasteiger partial charge in [-0.15, -0.1) is 0 Å². The molecule has 0 spiro atoms. The predicted molar refractivity (Wildman–Crippen MR) is 104 cm³/mol. The van der Waals surface area contributed by atoms with Gasteiger partial charge < -0.3 is 4.90 Å². The van der Waals surface area contributed by atoms with Crippen molar-refractivity contribution in [3.8, 4) is 0 Å². The second-order valence-electron chi connectivity index (χ2n) is 6.16. The molecule has 0 aliphatic rings. The van der Waals surface area contributed by atoms with Gasteiger partial charge in [-0.25, -0.2) is 4.68 Å². The Balaban J connectivity index is 1.74. The summed E-state index contributed by atoms with van der Waals surface area (Å²) in [6.07, 6.45) is 2.42. The number of aromatic nitrogens is 3. The van der Waals surface area contributed by atoms with Crippen LogP contribution in [0, 0.1) is 0 Å². The molecule has 0 aliphatic heterocycles. The maximum absolute atomic E-state index is 12.8. The van der Waals surface area contributed by atoms with E-state index in [2.05, 4.69) is 10.1 Å². The number of carbonyl (C=O) groups is 1. The maximum atomic E-state index is 12.8. The fraction of sp³-hybridized carbons (Fsp3) is 0.238. The van der Waals surface area contributed by atoms with Gasteiger partial charge in [0.25, 0.3) is 11.5 Å². The molecule has 6 nitrogen and oxygen atoms in total. The van der Waals surface area contributed by atoms with Crippen LogP contribution in [0.2, 0.25) is 0 Å². The molecule has 3 aromatic rings. The Morgan fingerprint density at radius 3 is 2.52 bits per heavy atom. The Morgan fingerprint density at radius 2 is 1.81 bits per heavy atom. The zero-order valence-electron chi connectivity index (χ0n) is 15.3. The van der Waals surface area contributed by atoms with Crippen LogP contribution in [0.5, 0.6) is 0 Å². The summed E-state index contributed by atoms with van der Waals surface area (Å²) >= 11 is 0. The second-order valence-corrected chi connectivity index (χ2v) is 6.16. The van der Waals surface area contributed by atoms with Crippen molar-refractivity contribution in [2.24, 2.45) is 0 Å². The SMILES string of the molecule is CCN(CCc1ccccn1)C(=O)c1ccc(=O)n(Cc2ccccc2)n1. The van der Waals surface area contributed by atoms with Crippen molar-refractivity contribution < 1.29 is 4.79 Å². The first-order chi connectivity index (χ1) is 13.2. The highest BCUT2D eigenvalue weighted by Crippen LogP contribution is 2.05. The minimum absolute atomic E-state index is 0.185. The lowest BCUT2D eigenvalue weighted by atomic mass is 10.2. The number of rotatable bonds is 7. The average molecular weight is 362 g/mol. The van der Waals surface area contributed by atoms with Gasteiger partial charge in [0.1, 0.15) is 5.69 Å². The topological polar surface area (TPSA) is 68.1 Å². The van der Waals surface area contributed by atoms with Crippen LogP contribution in [0.1, 0.15) is 28.7 Å². The molecular formula is C21H22N4O2. The van der Waals surface area contributed by atoms with Crippen LogP contribution in [0.4, 0.5) is 0 Å². The zero-order valence-corrected chi connectivity index (χ0v) is 15.3. The molecule has 6 heteroatoms. The molecule has 2 heterocycles. The van der Waals surface area contributed by atoms with E-state index in [1.165, 1.54) is 16.8 Å². The van der Waals surface area contributed by atoms with Gasteiger partial charge in [0.15, 0.2) is 0 Å². The van der Waals surface area contributed by atoms with E-state index >= 15 is 0 Å². The van der Waals surface area contributed by atoms with Crippen molar-refractivity contribution in [1.29, 1.82) is 0 Å². The molecule has 0 unspecified atom stereocenters. The largest absolute Gasteiger partial charge is 0.337 e. The van der Waals surface area contributed by atoms with E-state index in [1.54, 1.807) is 11.1 Å². The first-order valence-corrected chi connectivity index (χ1v) is 8.98. The van der Waals surface area contributed by atoms with E-state index in [4.69, 9.17) is 0 Å². The number of pyridine rings is 1. The molecule has 27 heavy (non-hydrogen) atoms. The van der Waals surface area contributed by atoms with Gasteiger partial charge in [-0.05, 0) is 30.7 Å². The smallest absolute Gasteiger partial charge is 0.274 e. The van der Waals surface area contributed by atoms with Crippen molar-refractivity contribution in [3.05, 3.63) is 94.2 Å². The molecule has 0 N–H and O–H groups in total. The molecule has 0 atom stereocenters. The molecule has 0 fully saturated rings. The number of carbonyl (C=O) groups excluding carboxylic acids is 1. The van der Waals surface area contributed by atoms with Gasteiger partial charge >= 0.3 is 0 Å². The molecule has 0 bridgehead atoms. The standard InChI is InChI=1S/C21H22N4O2/c1-2-24(15-13-18-10-6-7-14-22-18)21(27)19-11-12-20(26)25(23-19)16-17-8-4-3-5-9-17/h3-12,14H,2,13,15-16H2,1H3. The first-order valence-electron chi connectivity index (χ1n) is 8.98. The quantitative estimate of drug-likeness (QED) is 0.647. The summed E-state index contributed by atoms with van der Waals surface area (Å²) < 4.78 is 1.33. The number of hydrogen-bond donors (Lipinski definition) is 0. The summed E-state index contributed by atoms with van der Waals surface area (Å²) in [6, 6.07) is 18.2. The maximum Gasteiger partial charge on any atom is 0.274 e. The molecule has 1 aromatic carbocycles. The van der Waals surface area contributed by atoms with Crippen molar-refractivity contribution in [2.45, 2.75) is 19.9 Å². The van der Waals surface area contributed by atoms with E-state index in [0.29, 0.717) is 26.1 Å². The highest BCUT2D eigenvalue weighted by atomic mass is 16.2. The van der Waals surface area contributed by atoms with Gasteiger partial charge in [-0.1, -0.05) is 36.4 Å². The molecule has 0 saturated heterocycles. The summed E-state index contributed by atoms with van der Waals surface area (Å²) in [5.41, 5.74) is 1.94. The number of benzene rings is 1. The molecule has 0 radical (unpaired) electrons. The normalized spacial score (nSPS) is 10.6. The first kappa shape index (κ1) is 18.5. The molecule has 2 aromatic heterocycles. The fourth-order valence-corrected chi connectivity index (χ4v) is 2.79. The Bertz CT molecular complexity index is 939. The molecular weight excluding hydrogens is 340 g/mol. The Kier molecular flexibility index (Phi) is 6.10. The molecule has 3 rings (SSSR count). The fourth-order valence-electron chi connectivity index (χ4n) is 2.79. The van der Waals surface area contributed by atoms with Crippen LogP contribution < -0.4 is 5.56 Å². The monoisotopic (exact) mass is 362 g/mol. The van der Waals surface area contributed by atoms with E-state index in [-0.39, 0.29) is 17.2 Å². The Labute approximate surface area is 158 Å². The van der Waals surface area contributed by atoms with Crippen LogP contribution in [-0.2, 0) is 13.0 Å². The van der Waals surface area contributed by atoms with E-state index in [9.17, 15) is 9.59 Å². The molecule has 1 amide bonds. The summed E-state index contributed by atoms with van der Waals surface area (Å²) in [5.74, 6) is -0.185. The summed E-state index contributed by atoms with van der Waals surface area (Å²) in [5, 5.41) is 4.29. The number of nitrogens with zero attached hydrogens (tertiary/aromatic N) is 4.